The highest BCUT2D eigenvalue weighted by atomic mass is 32.1. The lowest BCUT2D eigenvalue weighted by molar-refractivity contribution is -0.120. The van der Waals surface area contributed by atoms with Crippen molar-refractivity contribution in [2.75, 3.05) is 0 Å². The summed E-state index contributed by atoms with van der Waals surface area (Å²) in [6, 6.07) is 6.62. The van der Waals surface area contributed by atoms with E-state index in [1.54, 1.807) is 44.3 Å². The van der Waals surface area contributed by atoms with Gasteiger partial charge in [0.15, 0.2) is 0 Å². The minimum Gasteiger partial charge on any atom is -0.508 e. The number of phenols is 1. The normalized spacial score (nSPS) is 9.63. The maximum absolute atomic E-state index is 9.92. The minimum atomic E-state index is -0.241. The van der Waals surface area contributed by atoms with Crippen molar-refractivity contribution < 1.29 is 14.6 Å². The van der Waals surface area contributed by atoms with E-state index in [0.717, 1.165) is 0 Å². The summed E-state index contributed by atoms with van der Waals surface area (Å²) in [4.78, 5) is 13.9. The average molecular weight is 280 g/mol. The van der Waals surface area contributed by atoms with E-state index in [1.807, 2.05) is 5.38 Å². The summed E-state index contributed by atoms with van der Waals surface area (Å²) < 4.78 is 5.35. The summed E-state index contributed by atoms with van der Waals surface area (Å²) >= 11 is 1.41. The molecule has 0 atom stereocenters. The SMILES string of the molecule is CC(C)C(N)=O.Oc1cccc(Oc2nccs2)c1. The zero-order chi connectivity index (χ0) is 14.3. The van der Waals surface area contributed by atoms with E-state index in [2.05, 4.69) is 4.98 Å². The van der Waals surface area contributed by atoms with Crippen LogP contribution in [-0.4, -0.2) is 16.0 Å². The van der Waals surface area contributed by atoms with Gasteiger partial charge in [0.2, 0.25) is 5.91 Å². The number of rotatable bonds is 3. The number of phenolic OH excluding ortho intramolecular Hbond substituents is 1. The third-order valence-corrected chi connectivity index (χ3v) is 2.65. The van der Waals surface area contributed by atoms with Crippen LogP contribution in [0.15, 0.2) is 35.8 Å². The molecule has 2 rings (SSSR count). The Kier molecular flexibility index (Phi) is 5.81. The topological polar surface area (TPSA) is 85.4 Å². The van der Waals surface area contributed by atoms with Crippen LogP contribution in [0, 0.1) is 5.92 Å². The van der Waals surface area contributed by atoms with Crippen molar-refractivity contribution in [2.24, 2.45) is 11.7 Å². The van der Waals surface area contributed by atoms with Crippen molar-refractivity contribution in [3.8, 4) is 16.7 Å². The lowest BCUT2D eigenvalue weighted by Crippen LogP contribution is -2.17. The van der Waals surface area contributed by atoms with Gasteiger partial charge in [0.1, 0.15) is 11.5 Å². The van der Waals surface area contributed by atoms with Gasteiger partial charge in [-0.2, -0.15) is 0 Å². The Labute approximate surface area is 115 Å². The maximum Gasteiger partial charge on any atom is 0.278 e. The Morgan fingerprint density at radius 1 is 1.47 bits per heavy atom. The molecule has 0 unspecified atom stereocenters. The molecule has 0 spiro atoms. The molecule has 3 N–H and O–H groups in total. The Morgan fingerprint density at radius 3 is 2.63 bits per heavy atom. The number of aromatic nitrogens is 1. The Hall–Kier alpha value is -2.08. The van der Waals surface area contributed by atoms with Gasteiger partial charge in [-0.05, 0) is 12.1 Å². The number of nitrogens with zero attached hydrogens (tertiary/aromatic N) is 1. The van der Waals surface area contributed by atoms with Crippen molar-refractivity contribution in [3.63, 3.8) is 0 Å². The molecule has 102 valence electrons. The summed E-state index contributed by atoms with van der Waals surface area (Å²) in [5.74, 6) is 0.531. The monoisotopic (exact) mass is 280 g/mol. The summed E-state index contributed by atoms with van der Waals surface area (Å²) in [6.45, 7) is 3.53. The quantitative estimate of drug-likeness (QED) is 0.905. The van der Waals surface area contributed by atoms with Crippen LogP contribution in [0.4, 0.5) is 0 Å². The van der Waals surface area contributed by atoms with Crippen molar-refractivity contribution in [1.29, 1.82) is 0 Å². The third kappa shape index (κ3) is 5.87. The molecule has 1 amide bonds. The largest absolute Gasteiger partial charge is 0.508 e. The predicted molar refractivity (Wildman–Crippen MR) is 74.3 cm³/mol. The van der Waals surface area contributed by atoms with Crippen molar-refractivity contribution in [2.45, 2.75) is 13.8 Å². The molecule has 1 aromatic heterocycles. The van der Waals surface area contributed by atoms with E-state index in [4.69, 9.17) is 15.6 Å². The highest BCUT2D eigenvalue weighted by Gasteiger charge is 1.99. The van der Waals surface area contributed by atoms with Gasteiger partial charge in [-0.15, -0.1) is 0 Å². The van der Waals surface area contributed by atoms with Gasteiger partial charge in [-0.3, -0.25) is 4.79 Å². The lowest BCUT2D eigenvalue weighted by atomic mass is 10.2. The molecule has 2 aromatic rings. The second-order valence-corrected chi connectivity index (χ2v) is 4.81. The van der Waals surface area contributed by atoms with Crippen LogP contribution in [-0.2, 0) is 4.79 Å². The number of thiazole rings is 1. The molecule has 0 aliphatic carbocycles. The Morgan fingerprint density at radius 2 is 2.16 bits per heavy atom. The van der Waals surface area contributed by atoms with Gasteiger partial charge in [0.25, 0.3) is 5.19 Å². The van der Waals surface area contributed by atoms with E-state index in [9.17, 15) is 4.79 Å². The highest BCUT2D eigenvalue weighted by molar-refractivity contribution is 7.11. The van der Waals surface area contributed by atoms with E-state index in [1.165, 1.54) is 11.3 Å². The number of nitrogens with two attached hydrogens (primary N) is 1. The molecule has 0 saturated carbocycles. The molecule has 0 aliphatic rings. The van der Waals surface area contributed by atoms with Crippen molar-refractivity contribution in [1.82, 2.24) is 4.98 Å². The Balaban J connectivity index is 0.000000258. The Bertz CT molecular complexity index is 512. The molecular formula is C13H16N2O3S. The van der Waals surface area contributed by atoms with Gasteiger partial charge in [0, 0.05) is 23.6 Å². The molecular weight excluding hydrogens is 264 g/mol. The number of carbonyl (C=O) groups is 1. The van der Waals surface area contributed by atoms with E-state index < -0.39 is 0 Å². The molecule has 1 aromatic carbocycles. The van der Waals surface area contributed by atoms with Gasteiger partial charge in [-0.1, -0.05) is 31.3 Å². The molecule has 0 saturated heterocycles. The molecule has 5 nitrogen and oxygen atoms in total. The summed E-state index contributed by atoms with van der Waals surface area (Å²) in [5, 5.41) is 11.6. The fourth-order valence-corrected chi connectivity index (χ4v) is 1.41. The first kappa shape index (κ1) is 15.0. The van der Waals surface area contributed by atoms with Crippen molar-refractivity contribution in [3.05, 3.63) is 35.8 Å². The zero-order valence-electron chi connectivity index (χ0n) is 10.7. The molecule has 0 radical (unpaired) electrons. The predicted octanol–water partition coefficient (Wildman–Crippen LogP) is 2.77. The summed E-state index contributed by atoms with van der Waals surface area (Å²) in [7, 11) is 0. The van der Waals surface area contributed by atoms with Gasteiger partial charge < -0.3 is 15.6 Å². The van der Waals surface area contributed by atoms with Crippen LogP contribution < -0.4 is 10.5 Å². The number of amides is 1. The molecule has 6 heteroatoms. The second kappa shape index (κ2) is 7.38. The highest BCUT2D eigenvalue weighted by Crippen LogP contribution is 2.25. The maximum atomic E-state index is 9.92. The van der Waals surface area contributed by atoms with Crippen LogP contribution in [0.1, 0.15) is 13.8 Å². The molecule has 19 heavy (non-hydrogen) atoms. The smallest absolute Gasteiger partial charge is 0.278 e. The number of carbonyl (C=O) groups excluding carboxylic acids is 1. The fourth-order valence-electron chi connectivity index (χ4n) is 0.909. The third-order valence-electron chi connectivity index (χ3n) is 2.00. The van der Waals surface area contributed by atoms with Crippen LogP contribution in [0.2, 0.25) is 0 Å². The minimum absolute atomic E-state index is 0.00926. The first-order valence-electron chi connectivity index (χ1n) is 5.64. The van der Waals surface area contributed by atoms with Crippen LogP contribution in [0.5, 0.6) is 16.7 Å². The number of aromatic hydroxyl groups is 1. The van der Waals surface area contributed by atoms with E-state index >= 15 is 0 Å². The summed E-state index contributed by atoms with van der Waals surface area (Å²) in [6.07, 6.45) is 1.67. The first-order valence-corrected chi connectivity index (χ1v) is 6.52. The van der Waals surface area contributed by atoms with E-state index in [-0.39, 0.29) is 17.6 Å². The van der Waals surface area contributed by atoms with Gasteiger partial charge in [0.05, 0.1) is 0 Å². The van der Waals surface area contributed by atoms with Crippen LogP contribution >= 0.6 is 11.3 Å². The first-order chi connectivity index (χ1) is 8.99. The number of benzene rings is 1. The zero-order valence-corrected chi connectivity index (χ0v) is 11.6. The summed E-state index contributed by atoms with van der Waals surface area (Å²) in [5.41, 5.74) is 4.80. The second-order valence-electron chi connectivity index (χ2n) is 3.95. The number of primary amides is 1. The molecule has 0 bridgehead atoms. The number of hydrogen-bond acceptors (Lipinski definition) is 5. The lowest BCUT2D eigenvalue weighted by Gasteiger charge is -2.00. The molecule has 0 aliphatic heterocycles. The standard InChI is InChI=1S/C9H7NO2S.C4H9NO/c11-7-2-1-3-8(6-7)12-9-10-4-5-13-9;1-3(2)4(5)6/h1-6,11H;3H,1-2H3,(H2,5,6). The van der Waals surface area contributed by atoms with Crippen LogP contribution in [0.25, 0.3) is 0 Å². The van der Waals surface area contributed by atoms with Gasteiger partial charge >= 0.3 is 0 Å². The number of ether oxygens (including phenoxy) is 1. The number of hydrogen-bond donors (Lipinski definition) is 2. The van der Waals surface area contributed by atoms with E-state index in [0.29, 0.717) is 10.9 Å². The fraction of sp³-hybridized carbons (Fsp3) is 0.231. The van der Waals surface area contributed by atoms with Crippen molar-refractivity contribution >= 4 is 17.2 Å². The molecule has 0 fully saturated rings. The van der Waals surface area contributed by atoms with Gasteiger partial charge in [-0.25, -0.2) is 4.98 Å². The molecule has 1 heterocycles. The van der Waals surface area contributed by atoms with Crippen LogP contribution in [0.3, 0.4) is 0 Å². The average Bonchev–Trinajstić information content (AvgIpc) is 2.82.